The van der Waals surface area contributed by atoms with Crippen molar-refractivity contribution in [2.75, 3.05) is 6.54 Å². The van der Waals surface area contributed by atoms with Gasteiger partial charge in [0.25, 0.3) is 0 Å². The van der Waals surface area contributed by atoms with Crippen molar-refractivity contribution < 1.29 is 9.13 Å². The first kappa shape index (κ1) is 19.7. The van der Waals surface area contributed by atoms with Crippen molar-refractivity contribution in [1.82, 2.24) is 5.32 Å². The lowest BCUT2D eigenvalue weighted by molar-refractivity contribution is 0.302. The van der Waals surface area contributed by atoms with Crippen molar-refractivity contribution in [1.29, 1.82) is 0 Å². The average molecular weight is 386 g/mol. The lowest BCUT2D eigenvalue weighted by Gasteiger charge is -2.16. The topological polar surface area (TPSA) is 21.3 Å². The van der Waals surface area contributed by atoms with E-state index in [1.54, 1.807) is 6.07 Å². The van der Waals surface area contributed by atoms with Crippen LogP contribution in [0.5, 0.6) is 5.75 Å². The van der Waals surface area contributed by atoms with Crippen molar-refractivity contribution in [3.8, 4) is 5.75 Å². The van der Waals surface area contributed by atoms with E-state index < -0.39 is 0 Å². The lowest BCUT2D eigenvalue weighted by atomic mass is 10.0. The molecule has 3 aromatic rings. The van der Waals surface area contributed by atoms with Gasteiger partial charge in [0.05, 0.1) is 5.02 Å². The number of hydrogen-bond acceptors (Lipinski definition) is 2. The van der Waals surface area contributed by atoms with E-state index in [9.17, 15) is 4.39 Å². The molecule has 3 aromatic carbocycles. The summed E-state index contributed by atoms with van der Waals surface area (Å²) in [7, 11) is 0. The molecule has 142 valence electrons. The number of rotatable bonds is 8. The second-order valence-electron chi connectivity index (χ2n) is 7.15. The van der Waals surface area contributed by atoms with Crippen molar-refractivity contribution in [3.63, 3.8) is 0 Å². The molecule has 0 unspecified atom stereocenters. The van der Waals surface area contributed by atoms with Gasteiger partial charge < -0.3 is 10.1 Å². The number of ether oxygens (including phenoxy) is 1. The quantitative estimate of drug-likeness (QED) is 0.456. The Labute approximate surface area is 165 Å². The van der Waals surface area contributed by atoms with Gasteiger partial charge in [0.15, 0.2) is 0 Å². The molecule has 4 heteroatoms. The number of halogens is 2. The molecule has 0 saturated carbocycles. The first-order chi connectivity index (χ1) is 13.0. The zero-order valence-electron chi connectivity index (χ0n) is 15.8. The molecule has 0 bridgehead atoms. The van der Waals surface area contributed by atoms with E-state index in [0.717, 1.165) is 36.4 Å². The third-order valence-electron chi connectivity index (χ3n) is 4.60. The summed E-state index contributed by atoms with van der Waals surface area (Å²) in [5, 5.41) is 6.27. The number of fused-ring (bicyclic) bond motifs is 1. The Kier molecular flexibility index (Phi) is 6.70. The average Bonchev–Trinajstić information content (AvgIpc) is 2.65. The molecule has 2 nitrogen and oxygen atoms in total. The molecule has 0 heterocycles. The molecule has 0 aliphatic rings. The molecule has 0 radical (unpaired) electrons. The molecule has 0 fully saturated rings. The molecule has 1 N–H and O–H groups in total. The molecule has 0 saturated heterocycles. The summed E-state index contributed by atoms with van der Waals surface area (Å²) in [5.74, 6) is 1.15. The standard InChI is InChI=1S/C23H25ClFNO/c1-16(2)11-12-26-14-21-20-6-4-3-5-17(20)8-10-23(21)27-15-18-7-9-19(25)13-22(18)24/h3-10,13,16,26H,11-12,14-15H2,1-2H3. The van der Waals surface area contributed by atoms with Gasteiger partial charge in [-0.25, -0.2) is 4.39 Å². The van der Waals surface area contributed by atoms with Gasteiger partial charge >= 0.3 is 0 Å². The summed E-state index contributed by atoms with van der Waals surface area (Å²) in [6, 6.07) is 16.7. The maximum absolute atomic E-state index is 13.2. The fourth-order valence-corrected chi connectivity index (χ4v) is 3.25. The zero-order chi connectivity index (χ0) is 19.2. The van der Waals surface area contributed by atoms with Gasteiger partial charge in [-0.05, 0) is 47.9 Å². The van der Waals surface area contributed by atoms with Gasteiger partial charge in [-0.15, -0.1) is 0 Å². The van der Waals surface area contributed by atoms with E-state index in [0.29, 0.717) is 17.5 Å². The second-order valence-corrected chi connectivity index (χ2v) is 7.55. The van der Waals surface area contributed by atoms with E-state index in [1.807, 2.05) is 18.2 Å². The SMILES string of the molecule is CC(C)CCNCc1c(OCc2ccc(F)cc2Cl)ccc2ccccc12. The molecule has 0 amide bonds. The van der Waals surface area contributed by atoms with Gasteiger partial charge in [-0.3, -0.25) is 0 Å². The first-order valence-electron chi connectivity index (χ1n) is 9.32. The van der Waals surface area contributed by atoms with Crippen molar-refractivity contribution in [2.45, 2.75) is 33.4 Å². The van der Waals surface area contributed by atoms with E-state index >= 15 is 0 Å². The van der Waals surface area contributed by atoms with Crippen molar-refractivity contribution in [2.24, 2.45) is 5.92 Å². The normalized spacial score (nSPS) is 11.3. The minimum Gasteiger partial charge on any atom is -0.488 e. The Morgan fingerprint density at radius 3 is 2.67 bits per heavy atom. The van der Waals surface area contributed by atoms with Crippen LogP contribution in [0.3, 0.4) is 0 Å². The fourth-order valence-electron chi connectivity index (χ4n) is 3.03. The summed E-state index contributed by atoms with van der Waals surface area (Å²) in [5.41, 5.74) is 1.90. The fraction of sp³-hybridized carbons (Fsp3) is 0.304. The van der Waals surface area contributed by atoms with E-state index in [-0.39, 0.29) is 5.82 Å². The Bertz CT molecular complexity index is 910. The number of nitrogens with one attached hydrogen (secondary N) is 1. The molecule has 0 aliphatic heterocycles. The summed E-state index contributed by atoms with van der Waals surface area (Å²) in [6.07, 6.45) is 1.13. The lowest BCUT2D eigenvalue weighted by Crippen LogP contribution is -2.17. The van der Waals surface area contributed by atoms with Crippen LogP contribution in [0.2, 0.25) is 5.02 Å². The molecule has 0 aromatic heterocycles. The summed E-state index contributed by atoms with van der Waals surface area (Å²) in [6.45, 7) is 6.45. The van der Waals surface area contributed by atoms with Crippen LogP contribution in [0.4, 0.5) is 4.39 Å². The van der Waals surface area contributed by atoms with E-state index in [4.69, 9.17) is 16.3 Å². The van der Waals surface area contributed by atoms with Crippen LogP contribution in [0.25, 0.3) is 10.8 Å². The Hall–Kier alpha value is -2.10. The second kappa shape index (κ2) is 9.20. The van der Waals surface area contributed by atoms with Gasteiger partial charge in [-0.2, -0.15) is 0 Å². The van der Waals surface area contributed by atoms with Crippen LogP contribution < -0.4 is 10.1 Å². The number of hydrogen-bond donors (Lipinski definition) is 1. The van der Waals surface area contributed by atoms with E-state index in [2.05, 4.69) is 37.4 Å². The molecule has 0 spiro atoms. The highest BCUT2D eigenvalue weighted by Gasteiger charge is 2.10. The summed E-state index contributed by atoms with van der Waals surface area (Å²) >= 11 is 6.13. The Morgan fingerprint density at radius 1 is 1.07 bits per heavy atom. The van der Waals surface area contributed by atoms with Gasteiger partial charge in [0.2, 0.25) is 0 Å². The molecular formula is C23H25ClFNO. The van der Waals surface area contributed by atoms with Gasteiger partial charge in [-0.1, -0.05) is 61.8 Å². The predicted octanol–water partition coefficient (Wildman–Crippen LogP) is 6.35. The highest BCUT2D eigenvalue weighted by Crippen LogP contribution is 2.29. The van der Waals surface area contributed by atoms with Gasteiger partial charge in [0.1, 0.15) is 18.2 Å². The largest absolute Gasteiger partial charge is 0.488 e. The molecule has 0 aliphatic carbocycles. The maximum atomic E-state index is 13.2. The van der Waals surface area contributed by atoms with Crippen LogP contribution >= 0.6 is 11.6 Å². The third-order valence-corrected chi connectivity index (χ3v) is 4.95. The molecule has 3 rings (SSSR count). The summed E-state index contributed by atoms with van der Waals surface area (Å²) < 4.78 is 19.3. The minimum atomic E-state index is -0.343. The smallest absolute Gasteiger partial charge is 0.124 e. The van der Waals surface area contributed by atoms with Crippen LogP contribution in [-0.2, 0) is 13.2 Å². The first-order valence-corrected chi connectivity index (χ1v) is 9.70. The highest BCUT2D eigenvalue weighted by molar-refractivity contribution is 6.31. The van der Waals surface area contributed by atoms with Crippen LogP contribution in [0, 0.1) is 11.7 Å². The zero-order valence-corrected chi connectivity index (χ0v) is 16.5. The minimum absolute atomic E-state index is 0.302. The monoisotopic (exact) mass is 385 g/mol. The predicted molar refractivity (Wildman–Crippen MR) is 111 cm³/mol. The van der Waals surface area contributed by atoms with Crippen LogP contribution in [0.1, 0.15) is 31.4 Å². The van der Waals surface area contributed by atoms with Crippen LogP contribution in [0.15, 0.2) is 54.6 Å². The number of benzene rings is 3. The van der Waals surface area contributed by atoms with Crippen LogP contribution in [-0.4, -0.2) is 6.54 Å². The van der Waals surface area contributed by atoms with Gasteiger partial charge in [0, 0.05) is 17.7 Å². The maximum Gasteiger partial charge on any atom is 0.124 e. The molecular weight excluding hydrogens is 361 g/mol. The Balaban J connectivity index is 1.81. The Morgan fingerprint density at radius 2 is 1.89 bits per heavy atom. The van der Waals surface area contributed by atoms with E-state index in [1.165, 1.54) is 22.9 Å². The molecule has 0 atom stereocenters. The molecule has 27 heavy (non-hydrogen) atoms. The summed E-state index contributed by atoms with van der Waals surface area (Å²) in [4.78, 5) is 0. The van der Waals surface area contributed by atoms with Crippen molar-refractivity contribution >= 4 is 22.4 Å². The third kappa shape index (κ3) is 5.21. The highest BCUT2D eigenvalue weighted by atomic mass is 35.5. The van der Waals surface area contributed by atoms with Crippen molar-refractivity contribution in [3.05, 3.63) is 76.6 Å².